The van der Waals surface area contributed by atoms with Crippen molar-refractivity contribution < 1.29 is 18.1 Å². The van der Waals surface area contributed by atoms with Gasteiger partial charge in [0.2, 0.25) is 0 Å². The number of carbonyl (C=O) groups excluding carboxylic acids is 1. The predicted octanol–water partition coefficient (Wildman–Crippen LogP) is 2.56. The van der Waals surface area contributed by atoms with Crippen LogP contribution < -0.4 is 5.32 Å². The highest BCUT2D eigenvalue weighted by molar-refractivity contribution is 7.90. The van der Waals surface area contributed by atoms with E-state index in [1.807, 2.05) is 0 Å². The van der Waals surface area contributed by atoms with Crippen LogP contribution in [0, 0.1) is 17.0 Å². The van der Waals surface area contributed by atoms with Gasteiger partial charge in [-0.3, -0.25) is 14.9 Å². The third-order valence-electron chi connectivity index (χ3n) is 3.29. The van der Waals surface area contributed by atoms with Crippen molar-refractivity contribution >= 4 is 27.1 Å². The van der Waals surface area contributed by atoms with Gasteiger partial charge in [0.1, 0.15) is 0 Å². The van der Waals surface area contributed by atoms with Crippen LogP contribution in [-0.4, -0.2) is 25.5 Å². The molecule has 1 N–H and O–H groups in total. The largest absolute Gasteiger partial charge is 0.321 e. The van der Waals surface area contributed by atoms with Crippen LogP contribution in [0.2, 0.25) is 0 Å². The molecule has 0 unspecified atom stereocenters. The molecule has 0 radical (unpaired) electrons. The Morgan fingerprint density at radius 1 is 1.13 bits per heavy atom. The van der Waals surface area contributed by atoms with Gasteiger partial charge in [0.15, 0.2) is 9.84 Å². The first-order valence-electron chi connectivity index (χ1n) is 6.55. The van der Waals surface area contributed by atoms with Crippen LogP contribution in [-0.2, 0) is 9.84 Å². The number of nitrogens with zero attached hydrogens (tertiary/aromatic N) is 1. The number of sulfone groups is 1. The van der Waals surface area contributed by atoms with Crippen molar-refractivity contribution in [1.29, 1.82) is 0 Å². The van der Waals surface area contributed by atoms with Crippen molar-refractivity contribution in [3.05, 3.63) is 63.7 Å². The van der Waals surface area contributed by atoms with Crippen molar-refractivity contribution in [3.8, 4) is 0 Å². The SMILES string of the molecule is Cc1c(NC(=O)c2ccc(S(C)(=O)=O)cc2)cccc1[N+](=O)[O-]. The number of rotatable bonds is 4. The molecule has 0 aliphatic rings. The van der Waals surface area contributed by atoms with E-state index >= 15 is 0 Å². The van der Waals surface area contributed by atoms with E-state index in [1.54, 1.807) is 13.0 Å². The van der Waals surface area contributed by atoms with Gasteiger partial charge < -0.3 is 5.32 Å². The second-order valence-corrected chi connectivity index (χ2v) is 6.97. The molecule has 0 bridgehead atoms. The van der Waals surface area contributed by atoms with Gasteiger partial charge in [0.05, 0.1) is 21.1 Å². The first-order chi connectivity index (χ1) is 10.7. The number of amides is 1. The van der Waals surface area contributed by atoms with Crippen LogP contribution in [0.5, 0.6) is 0 Å². The number of nitrogens with one attached hydrogen (secondary N) is 1. The molecule has 8 heteroatoms. The fraction of sp³-hybridized carbons (Fsp3) is 0.133. The summed E-state index contributed by atoms with van der Waals surface area (Å²) in [5, 5.41) is 13.5. The summed E-state index contributed by atoms with van der Waals surface area (Å²) < 4.78 is 22.8. The number of hydrogen-bond donors (Lipinski definition) is 1. The molecule has 0 fully saturated rings. The van der Waals surface area contributed by atoms with Gasteiger partial charge >= 0.3 is 0 Å². The average Bonchev–Trinajstić information content (AvgIpc) is 2.48. The molecule has 120 valence electrons. The van der Waals surface area contributed by atoms with Crippen molar-refractivity contribution in [2.75, 3.05) is 11.6 Å². The van der Waals surface area contributed by atoms with Gasteiger partial charge in [-0.15, -0.1) is 0 Å². The lowest BCUT2D eigenvalue weighted by atomic mass is 10.1. The standard InChI is InChI=1S/C15H14N2O5S/c1-10-13(4-3-5-14(10)17(19)20)16-15(18)11-6-8-12(9-7-11)23(2,21)22/h3-9H,1-2H3,(H,16,18). The molecule has 0 heterocycles. The average molecular weight is 334 g/mol. The molecule has 0 saturated heterocycles. The Kier molecular flexibility index (Phi) is 4.46. The Balaban J connectivity index is 2.26. The summed E-state index contributed by atoms with van der Waals surface area (Å²) in [5.41, 5.74) is 0.841. The minimum Gasteiger partial charge on any atom is -0.321 e. The summed E-state index contributed by atoms with van der Waals surface area (Å²) >= 11 is 0. The van der Waals surface area contributed by atoms with E-state index in [4.69, 9.17) is 0 Å². The molecule has 0 atom stereocenters. The number of benzene rings is 2. The van der Waals surface area contributed by atoms with Crippen LogP contribution in [0.25, 0.3) is 0 Å². The lowest BCUT2D eigenvalue weighted by molar-refractivity contribution is -0.385. The molecule has 2 aromatic carbocycles. The summed E-state index contributed by atoms with van der Waals surface area (Å²) in [6.07, 6.45) is 1.08. The van der Waals surface area contributed by atoms with Crippen LogP contribution in [0.4, 0.5) is 11.4 Å². The molecule has 2 aromatic rings. The normalized spacial score (nSPS) is 11.0. The molecule has 23 heavy (non-hydrogen) atoms. The summed E-state index contributed by atoms with van der Waals surface area (Å²) in [5.74, 6) is -0.478. The van der Waals surface area contributed by atoms with E-state index in [2.05, 4.69) is 5.32 Å². The number of carbonyl (C=O) groups is 1. The Bertz CT molecular complexity index is 873. The number of nitro benzene ring substituents is 1. The quantitative estimate of drug-likeness (QED) is 0.683. The van der Waals surface area contributed by atoms with Gasteiger partial charge in [0, 0.05) is 17.9 Å². The topological polar surface area (TPSA) is 106 Å². The fourth-order valence-corrected chi connectivity index (χ4v) is 2.64. The number of hydrogen-bond acceptors (Lipinski definition) is 5. The Labute approximate surface area is 133 Å². The van der Waals surface area contributed by atoms with Gasteiger partial charge in [-0.05, 0) is 37.3 Å². The minimum absolute atomic E-state index is 0.0878. The van der Waals surface area contributed by atoms with E-state index in [9.17, 15) is 23.3 Å². The highest BCUT2D eigenvalue weighted by Gasteiger charge is 2.16. The maximum absolute atomic E-state index is 12.2. The van der Waals surface area contributed by atoms with E-state index < -0.39 is 20.7 Å². The minimum atomic E-state index is -3.33. The summed E-state index contributed by atoms with van der Waals surface area (Å²) in [7, 11) is -3.33. The zero-order valence-corrected chi connectivity index (χ0v) is 13.3. The first-order valence-corrected chi connectivity index (χ1v) is 8.45. The Morgan fingerprint density at radius 2 is 1.74 bits per heavy atom. The van der Waals surface area contributed by atoms with Crippen LogP contribution in [0.3, 0.4) is 0 Å². The molecule has 0 spiro atoms. The lowest BCUT2D eigenvalue weighted by Gasteiger charge is -2.09. The van der Waals surface area contributed by atoms with Crippen LogP contribution in [0.1, 0.15) is 15.9 Å². The first kappa shape index (κ1) is 16.6. The zero-order valence-electron chi connectivity index (χ0n) is 12.4. The Morgan fingerprint density at radius 3 is 2.26 bits per heavy atom. The second-order valence-electron chi connectivity index (χ2n) is 4.96. The van der Waals surface area contributed by atoms with E-state index in [0.29, 0.717) is 11.3 Å². The third kappa shape index (κ3) is 3.72. The molecule has 0 saturated carbocycles. The van der Waals surface area contributed by atoms with E-state index in [-0.39, 0.29) is 16.1 Å². The van der Waals surface area contributed by atoms with Crippen molar-refractivity contribution in [1.82, 2.24) is 0 Å². The van der Waals surface area contributed by atoms with Crippen LogP contribution >= 0.6 is 0 Å². The number of anilines is 1. The molecule has 0 aromatic heterocycles. The maximum atomic E-state index is 12.2. The summed E-state index contributed by atoms with van der Waals surface area (Å²) in [4.78, 5) is 22.7. The fourth-order valence-electron chi connectivity index (χ4n) is 2.00. The Hall–Kier alpha value is -2.74. The van der Waals surface area contributed by atoms with Gasteiger partial charge in [-0.1, -0.05) is 6.07 Å². The van der Waals surface area contributed by atoms with Gasteiger partial charge in [-0.2, -0.15) is 0 Å². The summed E-state index contributed by atoms with van der Waals surface area (Å²) in [6.45, 7) is 1.54. The van der Waals surface area contributed by atoms with Crippen molar-refractivity contribution in [2.45, 2.75) is 11.8 Å². The van der Waals surface area contributed by atoms with E-state index in [1.165, 1.54) is 36.4 Å². The molecular weight excluding hydrogens is 320 g/mol. The van der Waals surface area contributed by atoms with Crippen molar-refractivity contribution in [2.24, 2.45) is 0 Å². The lowest BCUT2D eigenvalue weighted by Crippen LogP contribution is -2.13. The highest BCUT2D eigenvalue weighted by Crippen LogP contribution is 2.25. The molecule has 7 nitrogen and oxygen atoms in total. The monoisotopic (exact) mass is 334 g/mol. The molecular formula is C15H14N2O5S. The smallest absolute Gasteiger partial charge is 0.274 e. The molecule has 0 aliphatic carbocycles. The van der Waals surface area contributed by atoms with E-state index in [0.717, 1.165) is 6.26 Å². The zero-order chi connectivity index (χ0) is 17.2. The highest BCUT2D eigenvalue weighted by atomic mass is 32.2. The molecule has 1 amide bonds. The van der Waals surface area contributed by atoms with Gasteiger partial charge in [0.25, 0.3) is 11.6 Å². The predicted molar refractivity (Wildman–Crippen MR) is 85.3 cm³/mol. The maximum Gasteiger partial charge on any atom is 0.274 e. The number of nitro groups is 1. The molecule has 0 aliphatic heterocycles. The molecule has 2 rings (SSSR count). The third-order valence-corrected chi connectivity index (χ3v) is 4.42. The summed E-state index contributed by atoms with van der Waals surface area (Å²) in [6, 6.07) is 9.84. The van der Waals surface area contributed by atoms with Gasteiger partial charge in [-0.25, -0.2) is 8.42 Å². The van der Waals surface area contributed by atoms with Crippen molar-refractivity contribution in [3.63, 3.8) is 0 Å². The second kappa shape index (κ2) is 6.17. The van der Waals surface area contributed by atoms with Crippen LogP contribution in [0.15, 0.2) is 47.4 Å².